The summed E-state index contributed by atoms with van der Waals surface area (Å²) >= 11 is 0. The van der Waals surface area contributed by atoms with Crippen LogP contribution in [0, 0.1) is 0 Å². The molecule has 78 heavy (non-hydrogen) atoms. The molecular weight excluding hydrogens is 1000 g/mol. The molecule has 0 aromatic carbocycles. The largest absolute Gasteiger partial charge is 0.472 e. The normalized spacial score (nSPS) is 14.4. The van der Waals surface area contributed by atoms with Crippen molar-refractivity contribution < 1.29 is 52.2 Å². The number of esters is 3. The van der Waals surface area contributed by atoms with Gasteiger partial charge in [0.05, 0.1) is 19.8 Å². The lowest BCUT2D eigenvalue weighted by molar-refractivity contribution is -0.161. The van der Waals surface area contributed by atoms with Crippen molar-refractivity contribution >= 4 is 25.7 Å². The number of unbranched alkanes of at least 4 members (excludes halogenated alkanes) is 12. The maximum absolute atomic E-state index is 12.9. The van der Waals surface area contributed by atoms with Crippen LogP contribution in [0.3, 0.4) is 0 Å². The van der Waals surface area contributed by atoms with Crippen molar-refractivity contribution in [2.24, 2.45) is 0 Å². The molecule has 0 radical (unpaired) electrons. The van der Waals surface area contributed by atoms with Crippen molar-refractivity contribution in [3.05, 3.63) is 146 Å². The molecule has 3 unspecified atom stereocenters. The molecule has 11 nitrogen and oxygen atoms in total. The van der Waals surface area contributed by atoms with Gasteiger partial charge < -0.3 is 24.2 Å². The fraction of sp³-hybridized carbons (Fsp3) is 0.591. The van der Waals surface area contributed by atoms with Crippen LogP contribution in [-0.2, 0) is 42.2 Å². The lowest BCUT2D eigenvalue weighted by Crippen LogP contribution is -2.30. The Labute approximate surface area is 473 Å². The van der Waals surface area contributed by atoms with Crippen molar-refractivity contribution in [2.45, 2.75) is 226 Å². The smallest absolute Gasteiger partial charge is 0.462 e. The summed E-state index contributed by atoms with van der Waals surface area (Å²) < 4.78 is 39.5. The van der Waals surface area contributed by atoms with Gasteiger partial charge in [0.15, 0.2) is 6.10 Å². The summed E-state index contributed by atoms with van der Waals surface area (Å²) in [6.07, 6.45) is 75.2. The van der Waals surface area contributed by atoms with Crippen LogP contribution in [0.1, 0.15) is 213 Å². The minimum Gasteiger partial charge on any atom is -0.462 e. The molecule has 0 spiro atoms. The van der Waals surface area contributed by atoms with Crippen molar-refractivity contribution in [3.63, 3.8) is 0 Å². The number of allylic oxidation sites excluding steroid dienone is 24. The number of carbonyl (C=O) groups excluding carboxylic acids is 3. The van der Waals surface area contributed by atoms with Crippen LogP contribution in [0.25, 0.3) is 0 Å². The Bertz CT molecular complexity index is 1860. The molecule has 0 heterocycles. The van der Waals surface area contributed by atoms with Crippen molar-refractivity contribution in [1.29, 1.82) is 0 Å². The van der Waals surface area contributed by atoms with Gasteiger partial charge in [-0.15, -0.1) is 0 Å². The zero-order valence-electron chi connectivity index (χ0n) is 48.6. The van der Waals surface area contributed by atoms with E-state index >= 15 is 0 Å². The predicted octanol–water partition coefficient (Wildman–Crippen LogP) is 17.9. The Morgan fingerprint density at radius 3 is 1.01 bits per heavy atom. The molecule has 0 saturated carbocycles. The van der Waals surface area contributed by atoms with Crippen molar-refractivity contribution in [1.82, 2.24) is 0 Å². The van der Waals surface area contributed by atoms with E-state index < -0.39 is 57.8 Å². The van der Waals surface area contributed by atoms with Gasteiger partial charge in [-0.1, -0.05) is 212 Å². The predicted molar refractivity (Wildman–Crippen MR) is 325 cm³/mol. The van der Waals surface area contributed by atoms with Crippen molar-refractivity contribution in [2.75, 3.05) is 26.4 Å². The van der Waals surface area contributed by atoms with E-state index in [9.17, 15) is 28.9 Å². The van der Waals surface area contributed by atoms with Gasteiger partial charge in [-0.05, 0) is 128 Å². The summed E-state index contributed by atoms with van der Waals surface area (Å²) in [5.41, 5.74) is 0. The number of ether oxygens (including phenoxy) is 3. The van der Waals surface area contributed by atoms with E-state index in [4.69, 9.17) is 23.3 Å². The minimum absolute atomic E-state index is 0.0886. The lowest BCUT2D eigenvalue weighted by atomic mass is 10.1. The number of phosphoric ester groups is 1. The summed E-state index contributed by atoms with van der Waals surface area (Å²) in [5.74, 6) is -1.58. The molecule has 0 aromatic heterocycles. The highest BCUT2D eigenvalue weighted by Crippen LogP contribution is 2.43. The first kappa shape index (κ1) is 73.4. The molecule has 0 aliphatic rings. The van der Waals surface area contributed by atoms with E-state index in [1.807, 2.05) is 12.2 Å². The monoisotopic (exact) mass is 1100 g/mol. The highest BCUT2D eigenvalue weighted by molar-refractivity contribution is 7.47. The van der Waals surface area contributed by atoms with Gasteiger partial charge in [-0.3, -0.25) is 23.4 Å². The minimum atomic E-state index is -4.78. The molecule has 12 heteroatoms. The Morgan fingerprint density at radius 1 is 0.359 bits per heavy atom. The number of hydrogen-bond donors (Lipinski definition) is 2. The first-order valence-corrected chi connectivity index (χ1v) is 31.2. The van der Waals surface area contributed by atoms with Gasteiger partial charge in [-0.2, -0.15) is 0 Å². The first-order valence-electron chi connectivity index (χ1n) is 29.7. The average Bonchev–Trinajstić information content (AvgIpc) is 3.43. The van der Waals surface area contributed by atoms with Crippen LogP contribution in [0.5, 0.6) is 0 Å². The third-order valence-corrected chi connectivity index (χ3v) is 12.7. The molecule has 0 aliphatic carbocycles. The fourth-order valence-electron chi connectivity index (χ4n) is 7.34. The zero-order valence-corrected chi connectivity index (χ0v) is 49.5. The number of hydrogen-bond acceptors (Lipinski definition) is 10. The van der Waals surface area contributed by atoms with Crippen molar-refractivity contribution in [3.8, 4) is 0 Å². The molecule has 0 rings (SSSR count). The Morgan fingerprint density at radius 2 is 0.641 bits per heavy atom. The molecule has 0 bridgehead atoms. The van der Waals surface area contributed by atoms with E-state index in [1.54, 1.807) is 0 Å². The van der Waals surface area contributed by atoms with E-state index in [0.717, 1.165) is 148 Å². The van der Waals surface area contributed by atoms with Gasteiger partial charge in [0.2, 0.25) is 0 Å². The molecule has 0 fully saturated rings. The van der Waals surface area contributed by atoms with Crippen LogP contribution in [-0.4, -0.2) is 66.5 Å². The highest BCUT2D eigenvalue weighted by atomic mass is 31.2. The molecule has 3 atom stereocenters. The van der Waals surface area contributed by atoms with E-state index in [1.165, 1.54) is 0 Å². The summed E-state index contributed by atoms with van der Waals surface area (Å²) in [4.78, 5) is 48.6. The SMILES string of the molecule is CC/C=C\C/C=C\C/C=C\C/C=C\C/C=C\CCCC(=O)OC(CO)COP(=O)(O)OCC(COC(=O)CCCCCCC/C=C\C/C=C\C/C=C\CC)OC(=O)CCCCCCCC/C=C\C/C=C\C/C=C\C/C=C\CC. The molecular formula is C66H105O11P. The Balaban J connectivity index is 4.84. The quantitative estimate of drug-likeness (QED) is 0.0197. The molecule has 0 aliphatic heterocycles. The Hall–Kier alpha value is -4.64. The van der Waals surface area contributed by atoms with Crippen LogP contribution in [0.2, 0.25) is 0 Å². The topological polar surface area (TPSA) is 155 Å². The number of carbonyl (C=O) groups is 3. The maximum atomic E-state index is 12.9. The average molecular weight is 1110 g/mol. The third-order valence-electron chi connectivity index (χ3n) is 11.7. The second-order valence-corrected chi connectivity index (χ2v) is 20.5. The van der Waals surface area contributed by atoms with Gasteiger partial charge in [0.25, 0.3) is 0 Å². The van der Waals surface area contributed by atoms with Gasteiger partial charge in [0.1, 0.15) is 12.7 Å². The first-order chi connectivity index (χ1) is 38.2. The van der Waals surface area contributed by atoms with E-state index in [-0.39, 0.29) is 25.9 Å². The molecule has 0 saturated heterocycles. The number of aliphatic hydroxyl groups excluding tert-OH is 1. The second-order valence-electron chi connectivity index (χ2n) is 19.0. The lowest BCUT2D eigenvalue weighted by Gasteiger charge is -2.21. The van der Waals surface area contributed by atoms with Crippen LogP contribution in [0.15, 0.2) is 146 Å². The van der Waals surface area contributed by atoms with E-state index in [0.29, 0.717) is 25.7 Å². The zero-order chi connectivity index (χ0) is 56.9. The molecule has 0 amide bonds. The van der Waals surface area contributed by atoms with Crippen LogP contribution >= 0.6 is 7.82 Å². The summed E-state index contributed by atoms with van der Waals surface area (Å²) in [6.45, 7) is 4.19. The standard InChI is InChI=1S/C66H105O11P/c1-4-7-10-13-16-19-22-25-28-30-31-33-36-39-42-45-48-51-54-57-66(70)77-63(59-73-64(68)55-52-49-46-43-40-37-34-27-24-21-18-15-12-9-6-3)61-75-78(71,72)74-60-62(58-67)76-65(69)56-53-50-47-44-41-38-35-32-29-26-23-20-17-14-11-8-5-2/h7-12,16-21,25-29,31,33-35,38,44,47,62-63,67H,4-6,13-15,22-24,30,32,36-37,39-43,45-46,48-61H2,1-3H3,(H,71,72)/b10-7-,11-8-,12-9-,19-16-,20-17-,21-18-,28-25-,29-26-,33-31-,34-27-,38-35-,47-44-. The highest BCUT2D eigenvalue weighted by Gasteiger charge is 2.28. The number of rotatable bonds is 53. The van der Waals surface area contributed by atoms with E-state index in [2.05, 4.69) is 154 Å². The van der Waals surface area contributed by atoms with Gasteiger partial charge in [0, 0.05) is 19.3 Å². The Kier molecular flexibility index (Phi) is 55.0. The number of aliphatic hydroxyl groups is 1. The second kappa shape index (κ2) is 58.5. The van der Waals surface area contributed by atoms with Crippen LogP contribution < -0.4 is 0 Å². The number of phosphoric acid groups is 1. The van der Waals surface area contributed by atoms with Gasteiger partial charge >= 0.3 is 25.7 Å². The van der Waals surface area contributed by atoms with Crippen LogP contribution in [0.4, 0.5) is 0 Å². The van der Waals surface area contributed by atoms with Gasteiger partial charge in [-0.25, -0.2) is 4.57 Å². The summed E-state index contributed by atoms with van der Waals surface area (Å²) in [7, 11) is -4.78. The fourth-order valence-corrected chi connectivity index (χ4v) is 8.12. The molecule has 440 valence electrons. The maximum Gasteiger partial charge on any atom is 0.472 e. The summed E-state index contributed by atoms with van der Waals surface area (Å²) in [5, 5.41) is 9.82. The third kappa shape index (κ3) is 56.1. The summed E-state index contributed by atoms with van der Waals surface area (Å²) in [6, 6.07) is 0. The molecule has 0 aromatic rings. The molecule has 2 N–H and O–H groups in total.